The zero-order valence-corrected chi connectivity index (χ0v) is 15.5. The molecule has 1 fully saturated rings. The SMILES string of the molecule is Cc1c(Oc2ccc(CCO)cc2F)ncnc1OC1CCCCN1C(=O)O. The Labute approximate surface area is 161 Å². The van der Waals surface area contributed by atoms with Crippen molar-refractivity contribution in [3.8, 4) is 17.5 Å². The summed E-state index contributed by atoms with van der Waals surface area (Å²) in [5.74, 6) is -0.271. The molecule has 0 saturated carbocycles. The number of aliphatic hydroxyl groups is 1. The summed E-state index contributed by atoms with van der Waals surface area (Å²) >= 11 is 0. The van der Waals surface area contributed by atoms with Crippen LogP contribution in [0, 0.1) is 12.7 Å². The molecular weight excluding hydrogens is 369 g/mol. The Balaban J connectivity index is 1.78. The van der Waals surface area contributed by atoms with Crippen LogP contribution >= 0.6 is 0 Å². The average Bonchev–Trinajstić information content (AvgIpc) is 2.67. The molecule has 1 aliphatic rings. The van der Waals surface area contributed by atoms with E-state index in [4.69, 9.17) is 14.6 Å². The molecule has 0 radical (unpaired) electrons. The van der Waals surface area contributed by atoms with E-state index in [1.165, 1.54) is 23.4 Å². The first-order chi connectivity index (χ1) is 13.5. The number of piperidine rings is 1. The molecule has 3 rings (SSSR count). The smallest absolute Gasteiger partial charge is 0.410 e. The number of carboxylic acid groups (broad SMARTS) is 1. The van der Waals surface area contributed by atoms with Gasteiger partial charge in [-0.1, -0.05) is 6.07 Å². The van der Waals surface area contributed by atoms with Gasteiger partial charge in [0.15, 0.2) is 17.8 Å². The van der Waals surface area contributed by atoms with E-state index in [1.807, 2.05) is 0 Å². The Bertz CT molecular complexity index is 848. The maximum atomic E-state index is 14.3. The molecule has 1 saturated heterocycles. The van der Waals surface area contributed by atoms with Gasteiger partial charge in [-0.05, 0) is 43.9 Å². The van der Waals surface area contributed by atoms with Crippen LogP contribution < -0.4 is 9.47 Å². The fraction of sp³-hybridized carbons (Fsp3) is 0.421. The summed E-state index contributed by atoms with van der Waals surface area (Å²) in [6.45, 7) is 2.00. The van der Waals surface area contributed by atoms with Gasteiger partial charge in [-0.15, -0.1) is 0 Å². The Morgan fingerprint density at radius 2 is 2.11 bits per heavy atom. The van der Waals surface area contributed by atoms with Crippen molar-refractivity contribution in [2.75, 3.05) is 13.2 Å². The van der Waals surface area contributed by atoms with E-state index in [0.717, 1.165) is 12.8 Å². The lowest BCUT2D eigenvalue weighted by Crippen LogP contribution is -2.46. The number of amides is 1. The standard InChI is InChI=1S/C19H22FN3O5/c1-12-17(27-15-6-5-13(7-9-24)10-14(15)20)21-11-22-18(12)28-16-4-2-3-8-23(16)19(25)26/h5-6,10-11,16,24H,2-4,7-9H2,1H3,(H,25,26). The number of rotatable bonds is 6. The first-order valence-corrected chi connectivity index (χ1v) is 9.04. The molecule has 2 aromatic rings. The van der Waals surface area contributed by atoms with Gasteiger partial charge in [0.2, 0.25) is 11.8 Å². The van der Waals surface area contributed by atoms with Gasteiger partial charge in [-0.25, -0.2) is 19.2 Å². The van der Waals surface area contributed by atoms with Crippen molar-refractivity contribution >= 4 is 6.09 Å². The third-order valence-corrected chi connectivity index (χ3v) is 4.54. The number of aliphatic hydroxyl groups excluding tert-OH is 1. The molecule has 2 heterocycles. The minimum atomic E-state index is -1.04. The lowest BCUT2D eigenvalue weighted by molar-refractivity contribution is 0.00273. The van der Waals surface area contributed by atoms with E-state index in [0.29, 0.717) is 30.5 Å². The summed E-state index contributed by atoms with van der Waals surface area (Å²) < 4.78 is 25.6. The molecule has 1 aromatic heterocycles. The van der Waals surface area contributed by atoms with Crippen molar-refractivity contribution in [1.82, 2.24) is 14.9 Å². The topological polar surface area (TPSA) is 105 Å². The second-order valence-corrected chi connectivity index (χ2v) is 6.49. The fourth-order valence-corrected chi connectivity index (χ4v) is 3.03. The Morgan fingerprint density at radius 1 is 1.32 bits per heavy atom. The zero-order valence-electron chi connectivity index (χ0n) is 15.5. The number of hydrogen-bond donors (Lipinski definition) is 2. The maximum absolute atomic E-state index is 14.3. The first kappa shape index (κ1) is 19.8. The van der Waals surface area contributed by atoms with E-state index in [1.54, 1.807) is 13.0 Å². The third-order valence-electron chi connectivity index (χ3n) is 4.54. The van der Waals surface area contributed by atoms with Crippen LogP contribution in [0.1, 0.15) is 30.4 Å². The summed E-state index contributed by atoms with van der Waals surface area (Å²) in [4.78, 5) is 20.7. The number of aromatic nitrogens is 2. The van der Waals surface area contributed by atoms with Crippen molar-refractivity contribution in [2.24, 2.45) is 0 Å². The molecule has 1 amide bonds. The second kappa shape index (κ2) is 8.83. The highest BCUT2D eigenvalue weighted by molar-refractivity contribution is 5.65. The van der Waals surface area contributed by atoms with Gasteiger partial charge < -0.3 is 19.7 Å². The van der Waals surface area contributed by atoms with Crippen LogP contribution in [0.2, 0.25) is 0 Å². The predicted octanol–water partition coefficient (Wildman–Crippen LogP) is 3.12. The molecule has 0 aliphatic carbocycles. The first-order valence-electron chi connectivity index (χ1n) is 9.04. The van der Waals surface area contributed by atoms with Gasteiger partial charge in [-0.2, -0.15) is 0 Å². The van der Waals surface area contributed by atoms with Crippen molar-refractivity contribution in [2.45, 2.75) is 38.8 Å². The summed E-state index contributed by atoms with van der Waals surface area (Å²) in [5, 5.41) is 18.3. The van der Waals surface area contributed by atoms with Gasteiger partial charge >= 0.3 is 6.09 Å². The molecule has 9 heteroatoms. The normalized spacial score (nSPS) is 16.7. The maximum Gasteiger partial charge on any atom is 0.410 e. The molecule has 8 nitrogen and oxygen atoms in total. The molecule has 1 aromatic carbocycles. The minimum Gasteiger partial charge on any atom is -0.465 e. The van der Waals surface area contributed by atoms with Gasteiger partial charge in [0.1, 0.15) is 6.33 Å². The Hall–Kier alpha value is -2.94. The van der Waals surface area contributed by atoms with Crippen LogP contribution in [0.15, 0.2) is 24.5 Å². The quantitative estimate of drug-likeness (QED) is 0.779. The molecule has 28 heavy (non-hydrogen) atoms. The van der Waals surface area contributed by atoms with E-state index in [-0.39, 0.29) is 24.1 Å². The minimum absolute atomic E-state index is 0.0146. The number of halogens is 1. The van der Waals surface area contributed by atoms with Crippen molar-refractivity contribution in [1.29, 1.82) is 0 Å². The van der Waals surface area contributed by atoms with Crippen LogP contribution in [0.25, 0.3) is 0 Å². The van der Waals surface area contributed by atoms with Crippen molar-refractivity contribution in [3.05, 3.63) is 41.5 Å². The number of carbonyl (C=O) groups is 1. The van der Waals surface area contributed by atoms with Crippen LogP contribution in [0.4, 0.5) is 9.18 Å². The van der Waals surface area contributed by atoms with Crippen molar-refractivity contribution in [3.63, 3.8) is 0 Å². The molecule has 0 bridgehead atoms. The van der Waals surface area contributed by atoms with Crippen LogP contribution in [-0.2, 0) is 6.42 Å². The van der Waals surface area contributed by atoms with E-state index >= 15 is 0 Å². The summed E-state index contributed by atoms with van der Waals surface area (Å²) in [6, 6.07) is 4.43. The van der Waals surface area contributed by atoms with Crippen LogP contribution in [0.3, 0.4) is 0 Å². The highest BCUT2D eigenvalue weighted by Crippen LogP contribution is 2.31. The molecule has 1 unspecified atom stereocenters. The molecule has 1 aliphatic heterocycles. The lowest BCUT2D eigenvalue weighted by Gasteiger charge is -2.33. The fourth-order valence-electron chi connectivity index (χ4n) is 3.03. The predicted molar refractivity (Wildman–Crippen MR) is 97.0 cm³/mol. The lowest BCUT2D eigenvalue weighted by atomic mass is 10.1. The average molecular weight is 391 g/mol. The molecular formula is C19H22FN3O5. The molecule has 2 N–H and O–H groups in total. The summed E-state index contributed by atoms with van der Waals surface area (Å²) in [6.07, 6.45) is 2.10. The molecule has 0 spiro atoms. The third kappa shape index (κ3) is 4.48. The van der Waals surface area contributed by atoms with Gasteiger partial charge in [0.25, 0.3) is 0 Å². The summed E-state index contributed by atoms with van der Waals surface area (Å²) in [5.41, 5.74) is 1.10. The summed E-state index contributed by atoms with van der Waals surface area (Å²) in [7, 11) is 0. The van der Waals surface area contributed by atoms with E-state index in [2.05, 4.69) is 9.97 Å². The Morgan fingerprint density at radius 3 is 2.82 bits per heavy atom. The van der Waals surface area contributed by atoms with E-state index < -0.39 is 18.1 Å². The van der Waals surface area contributed by atoms with Gasteiger partial charge in [0.05, 0.1) is 5.56 Å². The largest absolute Gasteiger partial charge is 0.465 e. The van der Waals surface area contributed by atoms with Gasteiger partial charge in [-0.3, -0.25) is 4.90 Å². The van der Waals surface area contributed by atoms with Gasteiger partial charge in [0, 0.05) is 19.6 Å². The molecule has 150 valence electrons. The number of benzene rings is 1. The van der Waals surface area contributed by atoms with Crippen LogP contribution in [0.5, 0.6) is 17.5 Å². The van der Waals surface area contributed by atoms with Crippen LogP contribution in [-0.4, -0.2) is 50.6 Å². The van der Waals surface area contributed by atoms with Crippen molar-refractivity contribution < 1.29 is 28.9 Å². The Kier molecular flexibility index (Phi) is 6.25. The number of nitrogens with zero attached hydrogens (tertiary/aromatic N) is 3. The second-order valence-electron chi connectivity index (χ2n) is 6.49. The molecule has 1 atom stereocenters. The highest BCUT2D eigenvalue weighted by Gasteiger charge is 2.29. The highest BCUT2D eigenvalue weighted by atomic mass is 19.1. The number of ether oxygens (including phenoxy) is 2. The number of likely N-dealkylation sites (tertiary alicyclic amines) is 1. The zero-order chi connectivity index (χ0) is 20.1. The number of hydrogen-bond acceptors (Lipinski definition) is 6. The van der Waals surface area contributed by atoms with E-state index in [9.17, 15) is 14.3 Å². The monoisotopic (exact) mass is 391 g/mol.